The first-order valence-electron chi connectivity index (χ1n) is 5.09. The molecule has 0 amide bonds. The maximum atomic E-state index is 10.8. The average Bonchev–Trinajstić information content (AvgIpc) is 2.26. The van der Waals surface area contributed by atoms with Gasteiger partial charge in [-0.2, -0.15) is 0 Å². The molecule has 0 atom stereocenters. The zero-order valence-corrected chi connectivity index (χ0v) is 9.25. The van der Waals surface area contributed by atoms with Crippen molar-refractivity contribution in [1.29, 1.82) is 0 Å². The van der Waals surface area contributed by atoms with Crippen molar-refractivity contribution in [1.82, 2.24) is 0 Å². The summed E-state index contributed by atoms with van der Waals surface area (Å²) < 4.78 is 4.55. The molecular weight excluding hydrogens is 190 g/mol. The van der Waals surface area contributed by atoms with Crippen molar-refractivity contribution in [3.8, 4) is 0 Å². The van der Waals surface area contributed by atoms with Gasteiger partial charge in [0.05, 0.1) is 7.11 Å². The van der Waals surface area contributed by atoms with Crippen molar-refractivity contribution in [3.63, 3.8) is 0 Å². The number of rotatable bonds is 5. The van der Waals surface area contributed by atoms with Gasteiger partial charge in [-0.15, -0.1) is 0 Å². The average molecular weight is 207 g/mol. The standard InChI is InChI=1S/C12H17NO2/c1-10-5-7-11(8-6-10)13-9-3-4-12(14)15-2/h5-8,13H,3-4,9H2,1-2H3. The van der Waals surface area contributed by atoms with Gasteiger partial charge in [-0.25, -0.2) is 0 Å². The summed E-state index contributed by atoms with van der Waals surface area (Å²) in [6.45, 7) is 2.85. The maximum absolute atomic E-state index is 10.8. The lowest BCUT2D eigenvalue weighted by atomic mass is 10.2. The summed E-state index contributed by atoms with van der Waals surface area (Å²) >= 11 is 0. The molecule has 0 unspecified atom stereocenters. The Bertz CT molecular complexity index is 306. The second-order valence-corrected chi connectivity index (χ2v) is 3.47. The maximum Gasteiger partial charge on any atom is 0.305 e. The summed E-state index contributed by atoms with van der Waals surface area (Å²) in [6.07, 6.45) is 1.26. The van der Waals surface area contributed by atoms with E-state index in [-0.39, 0.29) is 5.97 Å². The molecule has 0 aliphatic rings. The van der Waals surface area contributed by atoms with E-state index in [0.717, 1.165) is 18.7 Å². The summed E-state index contributed by atoms with van der Waals surface area (Å²) in [6, 6.07) is 8.19. The highest BCUT2D eigenvalue weighted by Crippen LogP contribution is 2.08. The molecule has 0 spiro atoms. The minimum Gasteiger partial charge on any atom is -0.469 e. The summed E-state index contributed by atoms with van der Waals surface area (Å²) in [5.74, 6) is -0.152. The van der Waals surface area contributed by atoms with Gasteiger partial charge in [0.1, 0.15) is 0 Å². The molecule has 15 heavy (non-hydrogen) atoms. The van der Waals surface area contributed by atoms with Gasteiger partial charge in [-0.1, -0.05) is 17.7 Å². The van der Waals surface area contributed by atoms with E-state index in [1.165, 1.54) is 12.7 Å². The lowest BCUT2D eigenvalue weighted by Crippen LogP contribution is -2.06. The van der Waals surface area contributed by atoms with Crippen LogP contribution in [-0.2, 0) is 9.53 Å². The molecule has 0 heterocycles. The molecule has 1 rings (SSSR count). The van der Waals surface area contributed by atoms with E-state index >= 15 is 0 Å². The first kappa shape index (κ1) is 11.6. The number of nitrogens with one attached hydrogen (secondary N) is 1. The Morgan fingerprint density at radius 3 is 2.60 bits per heavy atom. The number of carbonyl (C=O) groups is 1. The van der Waals surface area contributed by atoms with Gasteiger partial charge in [0.15, 0.2) is 0 Å². The molecular formula is C12H17NO2. The Labute approximate surface area is 90.4 Å². The van der Waals surface area contributed by atoms with E-state index in [1.54, 1.807) is 0 Å². The SMILES string of the molecule is COC(=O)CCCNc1ccc(C)cc1. The van der Waals surface area contributed by atoms with Crippen LogP contribution >= 0.6 is 0 Å². The molecule has 0 aliphatic carbocycles. The monoisotopic (exact) mass is 207 g/mol. The first-order chi connectivity index (χ1) is 7.22. The third-order valence-corrected chi connectivity index (χ3v) is 2.17. The van der Waals surface area contributed by atoms with Crippen LogP contribution in [0.4, 0.5) is 5.69 Å². The van der Waals surface area contributed by atoms with Crippen molar-refractivity contribution in [2.45, 2.75) is 19.8 Å². The van der Waals surface area contributed by atoms with Crippen LogP contribution in [0, 0.1) is 6.92 Å². The second kappa shape index (κ2) is 6.06. The van der Waals surface area contributed by atoms with E-state index in [2.05, 4.69) is 29.1 Å². The fourth-order valence-electron chi connectivity index (χ4n) is 1.24. The number of anilines is 1. The van der Waals surface area contributed by atoms with Crippen molar-refractivity contribution in [2.75, 3.05) is 19.0 Å². The number of hydrogen-bond donors (Lipinski definition) is 1. The number of benzene rings is 1. The smallest absolute Gasteiger partial charge is 0.305 e. The summed E-state index contributed by atoms with van der Waals surface area (Å²) in [5, 5.41) is 3.24. The Morgan fingerprint density at radius 2 is 2.00 bits per heavy atom. The van der Waals surface area contributed by atoms with Crippen LogP contribution < -0.4 is 5.32 Å². The molecule has 3 heteroatoms. The van der Waals surface area contributed by atoms with E-state index in [0.29, 0.717) is 6.42 Å². The summed E-state index contributed by atoms with van der Waals surface area (Å²) in [5.41, 5.74) is 2.33. The molecule has 0 radical (unpaired) electrons. The molecule has 0 saturated carbocycles. The highest BCUT2D eigenvalue weighted by molar-refractivity contribution is 5.69. The summed E-state index contributed by atoms with van der Waals surface area (Å²) in [4.78, 5) is 10.8. The summed E-state index contributed by atoms with van der Waals surface area (Å²) in [7, 11) is 1.41. The largest absolute Gasteiger partial charge is 0.469 e. The Hall–Kier alpha value is -1.51. The van der Waals surface area contributed by atoms with Crippen molar-refractivity contribution < 1.29 is 9.53 Å². The van der Waals surface area contributed by atoms with Crippen molar-refractivity contribution >= 4 is 11.7 Å². The van der Waals surface area contributed by atoms with Gasteiger partial charge in [0.25, 0.3) is 0 Å². The zero-order chi connectivity index (χ0) is 11.1. The quantitative estimate of drug-likeness (QED) is 0.595. The van der Waals surface area contributed by atoms with Crippen molar-refractivity contribution in [3.05, 3.63) is 29.8 Å². The third kappa shape index (κ3) is 4.49. The Morgan fingerprint density at radius 1 is 1.33 bits per heavy atom. The molecule has 1 N–H and O–H groups in total. The lowest BCUT2D eigenvalue weighted by molar-refractivity contribution is -0.140. The molecule has 3 nitrogen and oxygen atoms in total. The van der Waals surface area contributed by atoms with E-state index in [9.17, 15) is 4.79 Å². The number of esters is 1. The van der Waals surface area contributed by atoms with Gasteiger partial charge in [0, 0.05) is 18.7 Å². The van der Waals surface area contributed by atoms with E-state index in [1.807, 2.05) is 12.1 Å². The number of carbonyl (C=O) groups excluding carboxylic acids is 1. The molecule has 1 aromatic rings. The topological polar surface area (TPSA) is 38.3 Å². The Kier molecular flexibility index (Phi) is 4.68. The number of methoxy groups -OCH3 is 1. The molecule has 0 aliphatic heterocycles. The molecule has 0 aromatic heterocycles. The zero-order valence-electron chi connectivity index (χ0n) is 9.25. The van der Waals surface area contributed by atoms with Gasteiger partial charge in [-0.05, 0) is 25.5 Å². The first-order valence-corrected chi connectivity index (χ1v) is 5.09. The molecule has 1 aromatic carbocycles. The van der Waals surface area contributed by atoms with Gasteiger partial charge < -0.3 is 10.1 Å². The highest BCUT2D eigenvalue weighted by Gasteiger charge is 1.98. The number of ether oxygens (including phenoxy) is 1. The van der Waals surface area contributed by atoms with Gasteiger partial charge >= 0.3 is 5.97 Å². The molecule has 0 fully saturated rings. The van der Waals surface area contributed by atoms with Crippen molar-refractivity contribution in [2.24, 2.45) is 0 Å². The minimum absolute atomic E-state index is 0.152. The van der Waals surface area contributed by atoms with Crippen LogP contribution in [0.3, 0.4) is 0 Å². The van der Waals surface area contributed by atoms with E-state index in [4.69, 9.17) is 0 Å². The fourth-order valence-corrected chi connectivity index (χ4v) is 1.24. The van der Waals surface area contributed by atoms with Gasteiger partial charge in [0.2, 0.25) is 0 Å². The van der Waals surface area contributed by atoms with Crippen LogP contribution in [-0.4, -0.2) is 19.6 Å². The van der Waals surface area contributed by atoms with E-state index < -0.39 is 0 Å². The second-order valence-electron chi connectivity index (χ2n) is 3.47. The van der Waals surface area contributed by atoms with Crippen LogP contribution in [0.2, 0.25) is 0 Å². The highest BCUT2D eigenvalue weighted by atomic mass is 16.5. The normalized spacial score (nSPS) is 9.73. The third-order valence-electron chi connectivity index (χ3n) is 2.17. The number of hydrogen-bond acceptors (Lipinski definition) is 3. The van der Waals surface area contributed by atoms with Gasteiger partial charge in [-0.3, -0.25) is 4.79 Å². The molecule has 82 valence electrons. The number of aryl methyl sites for hydroxylation is 1. The van der Waals surface area contributed by atoms with Crippen LogP contribution in [0.5, 0.6) is 0 Å². The molecule has 0 saturated heterocycles. The molecule has 0 bridgehead atoms. The Balaban J connectivity index is 2.20. The fraction of sp³-hybridized carbons (Fsp3) is 0.417. The van der Waals surface area contributed by atoms with Crippen LogP contribution in [0.25, 0.3) is 0 Å². The predicted molar refractivity (Wildman–Crippen MR) is 60.9 cm³/mol. The van der Waals surface area contributed by atoms with Crippen LogP contribution in [0.1, 0.15) is 18.4 Å². The minimum atomic E-state index is -0.152. The lowest BCUT2D eigenvalue weighted by Gasteiger charge is -2.05. The predicted octanol–water partition coefficient (Wildman–Crippen LogP) is 2.36. The van der Waals surface area contributed by atoms with Crippen LogP contribution in [0.15, 0.2) is 24.3 Å².